The topological polar surface area (TPSA) is 122 Å². The van der Waals surface area contributed by atoms with E-state index in [0.717, 1.165) is 19.3 Å². The summed E-state index contributed by atoms with van der Waals surface area (Å²) in [6, 6.07) is 8.00. The highest BCUT2D eigenvalue weighted by Crippen LogP contribution is 2.27. The quantitative estimate of drug-likeness (QED) is 0.478. The minimum Gasteiger partial charge on any atom is -0.455 e. The highest BCUT2D eigenvalue weighted by atomic mass is 16.6. The molecule has 1 N–H and O–H groups in total. The van der Waals surface area contributed by atoms with E-state index in [2.05, 4.69) is 11.4 Å². The fraction of sp³-hybridized carbons (Fsp3) is 0.471. The molecule has 0 bridgehead atoms. The number of esters is 1. The number of benzene rings is 1. The summed E-state index contributed by atoms with van der Waals surface area (Å²) in [7, 11) is 0. The predicted octanol–water partition coefficient (Wildman–Crippen LogP) is 2.02. The van der Waals surface area contributed by atoms with Crippen LogP contribution in [0.25, 0.3) is 0 Å². The van der Waals surface area contributed by atoms with Crippen molar-refractivity contribution in [1.29, 1.82) is 5.26 Å². The molecular weight excluding hydrogens is 326 g/mol. The third-order valence-corrected chi connectivity index (χ3v) is 4.19. The monoisotopic (exact) mass is 345 g/mol. The van der Waals surface area contributed by atoms with Gasteiger partial charge in [-0.25, -0.2) is 0 Å². The van der Waals surface area contributed by atoms with Crippen LogP contribution in [0.15, 0.2) is 24.3 Å². The van der Waals surface area contributed by atoms with E-state index in [9.17, 15) is 25.0 Å². The van der Waals surface area contributed by atoms with Crippen molar-refractivity contribution in [2.45, 2.75) is 44.1 Å². The van der Waals surface area contributed by atoms with Crippen LogP contribution in [0, 0.1) is 21.4 Å². The van der Waals surface area contributed by atoms with Gasteiger partial charge in [0.25, 0.3) is 11.6 Å². The molecule has 0 heterocycles. The van der Waals surface area contributed by atoms with Crippen molar-refractivity contribution >= 4 is 17.6 Å². The van der Waals surface area contributed by atoms with E-state index in [0.29, 0.717) is 12.8 Å². The lowest BCUT2D eigenvalue weighted by Crippen LogP contribution is -2.50. The molecule has 132 valence electrons. The van der Waals surface area contributed by atoms with Crippen LogP contribution in [0.2, 0.25) is 0 Å². The molecular formula is C17H19N3O5. The molecule has 0 spiro atoms. The van der Waals surface area contributed by atoms with Gasteiger partial charge in [-0.1, -0.05) is 37.5 Å². The summed E-state index contributed by atoms with van der Waals surface area (Å²) in [4.78, 5) is 34.1. The number of nitro groups is 1. The van der Waals surface area contributed by atoms with Crippen LogP contribution < -0.4 is 5.32 Å². The standard InChI is InChI=1S/C17H19N3O5/c18-12-17(8-4-1-5-9-17)19-15(21)11-25-16(22)10-13-6-2-3-7-14(13)20(23)24/h2-3,6-7H,1,4-5,8-11H2,(H,19,21). The number of hydrogen-bond acceptors (Lipinski definition) is 6. The summed E-state index contributed by atoms with van der Waals surface area (Å²) in [5.41, 5.74) is -0.840. The molecule has 0 saturated heterocycles. The highest BCUT2D eigenvalue weighted by molar-refractivity contribution is 5.82. The van der Waals surface area contributed by atoms with Gasteiger partial charge < -0.3 is 10.1 Å². The van der Waals surface area contributed by atoms with Crippen LogP contribution in [0.3, 0.4) is 0 Å². The third kappa shape index (κ3) is 5.01. The lowest BCUT2D eigenvalue weighted by molar-refractivity contribution is -0.385. The lowest BCUT2D eigenvalue weighted by Gasteiger charge is -2.31. The molecule has 1 aliphatic rings. The minimum absolute atomic E-state index is 0.172. The Morgan fingerprint density at radius 2 is 1.96 bits per heavy atom. The van der Waals surface area contributed by atoms with Gasteiger partial charge in [0.05, 0.1) is 17.4 Å². The smallest absolute Gasteiger partial charge is 0.311 e. The number of ether oxygens (including phenoxy) is 1. The predicted molar refractivity (Wildman–Crippen MR) is 87.3 cm³/mol. The van der Waals surface area contributed by atoms with Crippen LogP contribution in [0.4, 0.5) is 5.69 Å². The molecule has 1 saturated carbocycles. The van der Waals surface area contributed by atoms with Crippen molar-refractivity contribution < 1.29 is 19.2 Å². The molecule has 1 aliphatic carbocycles. The van der Waals surface area contributed by atoms with E-state index < -0.39 is 28.9 Å². The maximum absolute atomic E-state index is 12.0. The van der Waals surface area contributed by atoms with E-state index in [1.54, 1.807) is 6.07 Å². The number of nitrogens with one attached hydrogen (secondary N) is 1. The first-order valence-corrected chi connectivity index (χ1v) is 8.06. The average Bonchev–Trinajstić information content (AvgIpc) is 2.61. The second kappa shape index (κ2) is 8.24. The zero-order chi connectivity index (χ0) is 18.3. The van der Waals surface area contributed by atoms with Crippen molar-refractivity contribution in [2.24, 2.45) is 0 Å². The molecule has 0 aliphatic heterocycles. The van der Waals surface area contributed by atoms with Crippen LogP contribution >= 0.6 is 0 Å². The molecule has 0 radical (unpaired) electrons. The SMILES string of the molecule is N#CC1(NC(=O)COC(=O)Cc2ccccc2[N+](=O)[O-])CCCCC1. The molecule has 1 amide bonds. The summed E-state index contributed by atoms with van der Waals surface area (Å²) < 4.78 is 4.89. The Bertz CT molecular complexity index is 704. The fourth-order valence-electron chi connectivity index (χ4n) is 2.91. The maximum atomic E-state index is 12.0. The highest BCUT2D eigenvalue weighted by Gasteiger charge is 2.33. The lowest BCUT2D eigenvalue weighted by atomic mass is 9.83. The van der Waals surface area contributed by atoms with Gasteiger partial charge in [-0.15, -0.1) is 0 Å². The molecule has 25 heavy (non-hydrogen) atoms. The molecule has 1 aromatic rings. The summed E-state index contributed by atoms with van der Waals surface area (Å²) in [6.45, 7) is -0.511. The molecule has 0 unspecified atom stereocenters. The molecule has 0 atom stereocenters. The molecule has 1 fully saturated rings. The number of hydrogen-bond donors (Lipinski definition) is 1. The Kier molecular flexibility index (Phi) is 6.06. The van der Waals surface area contributed by atoms with E-state index in [1.165, 1.54) is 18.2 Å². The number of nitrogens with zero attached hydrogens (tertiary/aromatic N) is 2. The van der Waals surface area contributed by atoms with Crippen molar-refractivity contribution in [2.75, 3.05) is 6.61 Å². The Balaban J connectivity index is 1.87. The molecule has 2 rings (SSSR count). The van der Waals surface area contributed by atoms with Gasteiger partial charge in [0.2, 0.25) is 0 Å². The second-order valence-electron chi connectivity index (χ2n) is 6.03. The Morgan fingerprint density at radius 3 is 2.60 bits per heavy atom. The van der Waals surface area contributed by atoms with Crippen molar-refractivity contribution in [1.82, 2.24) is 5.32 Å². The van der Waals surface area contributed by atoms with Crippen LogP contribution in [-0.2, 0) is 20.7 Å². The normalized spacial score (nSPS) is 15.6. The van der Waals surface area contributed by atoms with Crippen LogP contribution in [-0.4, -0.2) is 28.9 Å². The van der Waals surface area contributed by atoms with Gasteiger partial charge in [0.1, 0.15) is 5.54 Å². The summed E-state index contributed by atoms with van der Waals surface area (Å²) >= 11 is 0. The number of para-hydroxylation sites is 1. The summed E-state index contributed by atoms with van der Waals surface area (Å²) in [5, 5.41) is 22.9. The van der Waals surface area contributed by atoms with E-state index >= 15 is 0 Å². The fourth-order valence-corrected chi connectivity index (χ4v) is 2.91. The van der Waals surface area contributed by atoms with Crippen molar-refractivity contribution in [3.63, 3.8) is 0 Å². The number of carbonyl (C=O) groups is 2. The average molecular weight is 345 g/mol. The minimum atomic E-state index is -0.889. The second-order valence-corrected chi connectivity index (χ2v) is 6.03. The van der Waals surface area contributed by atoms with Crippen molar-refractivity contribution in [3.8, 4) is 6.07 Å². The van der Waals surface area contributed by atoms with Crippen LogP contribution in [0.5, 0.6) is 0 Å². The van der Waals surface area contributed by atoms with E-state index in [4.69, 9.17) is 4.74 Å². The zero-order valence-electron chi connectivity index (χ0n) is 13.7. The maximum Gasteiger partial charge on any atom is 0.311 e. The van der Waals surface area contributed by atoms with Gasteiger partial charge in [0, 0.05) is 11.6 Å². The van der Waals surface area contributed by atoms with E-state index in [-0.39, 0.29) is 17.7 Å². The van der Waals surface area contributed by atoms with Gasteiger partial charge in [-0.3, -0.25) is 19.7 Å². The number of rotatable bonds is 6. The number of carbonyl (C=O) groups excluding carboxylic acids is 2. The summed E-state index contributed by atoms with van der Waals surface area (Å²) in [6.07, 6.45) is 3.63. The Labute approximate surface area is 144 Å². The van der Waals surface area contributed by atoms with Crippen molar-refractivity contribution in [3.05, 3.63) is 39.9 Å². The van der Waals surface area contributed by atoms with E-state index in [1.807, 2.05) is 0 Å². The molecule has 1 aromatic carbocycles. The first-order chi connectivity index (χ1) is 12.0. The Hall–Kier alpha value is -2.95. The first kappa shape index (κ1) is 18.4. The first-order valence-electron chi connectivity index (χ1n) is 8.06. The van der Waals surface area contributed by atoms with Crippen LogP contribution in [0.1, 0.15) is 37.7 Å². The Morgan fingerprint density at radius 1 is 1.28 bits per heavy atom. The number of nitriles is 1. The van der Waals surface area contributed by atoms with Gasteiger partial charge >= 0.3 is 5.97 Å². The zero-order valence-corrected chi connectivity index (χ0v) is 13.7. The molecule has 0 aromatic heterocycles. The van der Waals surface area contributed by atoms with Gasteiger partial charge in [-0.05, 0) is 12.8 Å². The molecule has 8 heteroatoms. The number of amides is 1. The third-order valence-electron chi connectivity index (χ3n) is 4.19. The summed E-state index contributed by atoms with van der Waals surface area (Å²) in [5.74, 6) is -1.28. The number of nitro benzene ring substituents is 1. The largest absolute Gasteiger partial charge is 0.455 e. The molecule has 8 nitrogen and oxygen atoms in total. The van der Waals surface area contributed by atoms with Gasteiger partial charge in [-0.2, -0.15) is 5.26 Å². The van der Waals surface area contributed by atoms with Gasteiger partial charge in [0.15, 0.2) is 6.61 Å².